The van der Waals surface area contributed by atoms with Crippen molar-refractivity contribution in [3.63, 3.8) is 0 Å². The van der Waals surface area contributed by atoms with Crippen molar-refractivity contribution >= 4 is 17.7 Å². The number of hydrogen-bond acceptors (Lipinski definition) is 6. The first-order valence-corrected chi connectivity index (χ1v) is 12.7. The van der Waals surface area contributed by atoms with Gasteiger partial charge in [-0.15, -0.1) is 0 Å². The van der Waals surface area contributed by atoms with Crippen molar-refractivity contribution in [2.75, 3.05) is 25.1 Å². The highest BCUT2D eigenvalue weighted by atomic mass is 19.4. The minimum atomic E-state index is -5.08. The zero-order chi connectivity index (χ0) is 28.7. The average Bonchev–Trinajstić information content (AvgIpc) is 2.91. The van der Waals surface area contributed by atoms with Crippen LogP contribution in [0.5, 0.6) is 5.75 Å². The number of rotatable bonds is 11. The summed E-state index contributed by atoms with van der Waals surface area (Å²) in [6.45, 7) is 0.452. The van der Waals surface area contributed by atoms with Crippen LogP contribution in [0.2, 0.25) is 0 Å². The van der Waals surface area contributed by atoms with Gasteiger partial charge in [-0.1, -0.05) is 49.6 Å². The van der Waals surface area contributed by atoms with Gasteiger partial charge in [0.05, 0.1) is 6.61 Å². The summed E-state index contributed by atoms with van der Waals surface area (Å²) in [4.78, 5) is 21.1. The number of halogens is 3. The molecule has 1 aliphatic carbocycles. The van der Waals surface area contributed by atoms with Crippen LogP contribution in [-0.4, -0.2) is 71.4 Å². The zero-order valence-corrected chi connectivity index (χ0v) is 21.5. The Kier molecular flexibility index (Phi) is 13.5. The second-order valence-electron chi connectivity index (χ2n) is 9.20. The van der Waals surface area contributed by atoms with E-state index < -0.39 is 18.2 Å². The molecule has 1 aliphatic rings. The molecule has 2 amide bonds. The summed E-state index contributed by atoms with van der Waals surface area (Å²) in [5.74, 6) is -2.04. The lowest BCUT2D eigenvalue weighted by atomic mass is 9.96. The Labute approximate surface area is 225 Å². The summed E-state index contributed by atoms with van der Waals surface area (Å²) in [6.07, 6.45) is 0.554. The molecule has 216 valence electrons. The van der Waals surface area contributed by atoms with Crippen LogP contribution < -0.4 is 20.7 Å². The molecular weight excluding hydrogens is 519 g/mol. The van der Waals surface area contributed by atoms with Crippen LogP contribution in [0, 0.1) is 0 Å². The fraction of sp³-hybridized carbons (Fsp3) is 0.481. The van der Waals surface area contributed by atoms with Crippen molar-refractivity contribution in [1.82, 2.24) is 10.6 Å². The number of amides is 2. The van der Waals surface area contributed by atoms with Gasteiger partial charge in [0.15, 0.2) is 0 Å². The average molecular weight is 556 g/mol. The van der Waals surface area contributed by atoms with Crippen LogP contribution in [0.25, 0.3) is 0 Å². The number of aliphatic hydroxyl groups is 2. The van der Waals surface area contributed by atoms with Gasteiger partial charge < -0.3 is 36.0 Å². The number of carboxylic acids is 1. The number of carbonyl (C=O) groups excluding carboxylic acids is 1. The third-order valence-electron chi connectivity index (χ3n) is 5.92. The van der Waals surface area contributed by atoms with Gasteiger partial charge in [0.1, 0.15) is 18.5 Å². The van der Waals surface area contributed by atoms with E-state index in [0.717, 1.165) is 24.1 Å². The van der Waals surface area contributed by atoms with E-state index in [0.29, 0.717) is 18.7 Å². The number of aliphatic hydroxyl groups excluding tert-OH is 2. The number of nitrogens with one attached hydrogen (secondary N) is 3. The second-order valence-corrected chi connectivity index (χ2v) is 9.20. The lowest BCUT2D eigenvalue weighted by Crippen LogP contribution is -2.41. The molecule has 0 bridgehead atoms. The maximum atomic E-state index is 12.2. The zero-order valence-electron chi connectivity index (χ0n) is 21.5. The molecule has 0 heterocycles. The Morgan fingerprint density at radius 1 is 1.00 bits per heavy atom. The van der Waals surface area contributed by atoms with Crippen LogP contribution >= 0.6 is 0 Å². The SMILES string of the molecule is O=C(Nc1ccc(C[C@@H](CO)NC[C@H](O)COc2ccccc2)cc1)NC1CCCCC1.O=C(O)C(F)(F)F. The van der Waals surface area contributed by atoms with E-state index in [2.05, 4.69) is 16.0 Å². The van der Waals surface area contributed by atoms with Crippen LogP contribution in [0.3, 0.4) is 0 Å². The maximum absolute atomic E-state index is 12.2. The van der Waals surface area contributed by atoms with Gasteiger partial charge in [-0.3, -0.25) is 0 Å². The normalized spacial score (nSPS) is 15.3. The number of para-hydroxylation sites is 1. The highest BCUT2D eigenvalue weighted by Gasteiger charge is 2.38. The van der Waals surface area contributed by atoms with Gasteiger partial charge in [0.25, 0.3) is 0 Å². The molecule has 0 aliphatic heterocycles. The lowest BCUT2D eigenvalue weighted by Gasteiger charge is -2.23. The molecule has 3 rings (SSSR count). The summed E-state index contributed by atoms with van der Waals surface area (Å²) in [7, 11) is 0. The minimum absolute atomic E-state index is 0.0456. The standard InChI is InChI=1S/C25H35N3O4.C2HF3O2/c29-17-22(26-16-23(30)18-32-24-9-5-2-6-10-24)15-19-11-13-21(14-12-19)28-25(31)27-20-7-3-1-4-8-20;3-2(4,5)1(6)7/h2,5-6,9-14,20,22-23,26,29-30H,1,3-4,7-8,15-18H2,(H2,27,28,31);(H,6,7)/t22-,23-;/m0./s1. The minimum Gasteiger partial charge on any atom is -0.491 e. The monoisotopic (exact) mass is 555 g/mol. The first kappa shape index (κ1) is 31.9. The Morgan fingerprint density at radius 2 is 1.62 bits per heavy atom. The maximum Gasteiger partial charge on any atom is 0.490 e. The van der Waals surface area contributed by atoms with E-state index in [-0.39, 0.29) is 31.3 Å². The number of carbonyl (C=O) groups is 2. The number of hydrogen-bond donors (Lipinski definition) is 6. The van der Waals surface area contributed by atoms with Gasteiger partial charge in [-0.2, -0.15) is 13.2 Å². The summed E-state index contributed by atoms with van der Waals surface area (Å²) < 4.78 is 37.3. The van der Waals surface area contributed by atoms with Crippen molar-refractivity contribution in [3.8, 4) is 5.75 Å². The lowest BCUT2D eigenvalue weighted by molar-refractivity contribution is -0.192. The van der Waals surface area contributed by atoms with E-state index in [4.69, 9.17) is 14.6 Å². The van der Waals surface area contributed by atoms with E-state index in [1.54, 1.807) is 0 Å². The summed E-state index contributed by atoms with van der Waals surface area (Å²) in [5, 5.41) is 36.1. The van der Waals surface area contributed by atoms with E-state index in [9.17, 15) is 28.2 Å². The molecule has 39 heavy (non-hydrogen) atoms. The van der Waals surface area contributed by atoms with Crippen molar-refractivity contribution in [2.24, 2.45) is 0 Å². The van der Waals surface area contributed by atoms with Crippen LogP contribution in [-0.2, 0) is 11.2 Å². The molecule has 9 nitrogen and oxygen atoms in total. The van der Waals surface area contributed by atoms with Gasteiger partial charge in [0.2, 0.25) is 0 Å². The highest BCUT2D eigenvalue weighted by molar-refractivity contribution is 5.89. The number of aliphatic carboxylic acids is 1. The molecule has 1 saturated carbocycles. The van der Waals surface area contributed by atoms with E-state index in [1.165, 1.54) is 19.3 Å². The molecule has 12 heteroatoms. The van der Waals surface area contributed by atoms with Gasteiger partial charge in [-0.25, -0.2) is 9.59 Å². The van der Waals surface area contributed by atoms with E-state index in [1.807, 2.05) is 54.6 Å². The predicted molar refractivity (Wildman–Crippen MR) is 140 cm³/mol. The number of anilines is 1. The first-order valence-electron chi connectivity index (χ1n) is 12.7. The largest absolute Gasteiger partial charge is 0.491 e. The predicted octanol–water partition coefficient (Wildman–Crippen LogP) is 3.71. The molecule has 6 N–H and O–H groups in total. The molecule has 0 saturated heterocycles. The van der Waals surface area contributed by atoms with Crippen molar-refractivity contribution in [1.29, 1.82) is 0 Å². The van der Waals surface area contributed by atoms with Gasteiger partial charge >= 0.3 is 18.2 Å². The number of ether oxygens (including phenoxy) is 1. The fourth-order valence-corrected chi connectivity index (χ4v) is 3.88. The number of carboxylic acid groups (broad SMARTS) is 1. The second kappa shape index (κ2) is 16.6. The molecule has 2 atom stereocenters. The third-order valence-corrected chi connectivity index (χ3v) is 5.92. The van der Waals surface area contributed by atoms with Crippen LogP contribution in [0.1, 0.15) is 37.7 Å². The fourth-order valence-electron chi connectivity index (χ4n) is 3.88. The number of benzene rings is 2. The van der Waals surface area contributed by atoms with Gasteiger partial charge in [0, 0.05) is 24.3 Å². The van der Waals surface area contributed by atoms with Crippen molar-refractivity contribution in [3.05, 3.63) is 60.2 Å². The third kappa shape index (κ3) is 13.3. The molecule has 0 spiro atoms. The molecule has 0 aromatic heterocycles. The summed E-state index contributed by atoms with van der Waals surface area (Å²) >= 11 is 0. The van der Waals surface area contributed by atoms with Crippen LogP contribution in [0.15, 0.2) is 54.6 Å². The number of urea groups is 1. The van der Waals surface area contributed by atoms with Crippen molar-refractivity contribution < 1.29 is 42.8 Å². The molecule has 0 unspecified atom stereocenters. The van der Waals surface area contributed by atoms with Crippen LogP contribution in [0.4, 0.5) is 23.7 Å². The Bertz CT molecular complexity index is 987. The smallest absolute Gasteiger partial charge is 0.490 e. The Hall–Kier alpha value is -3.35. The molecular formula is C27H36F3N3O6. The number of alkyl halides is 3. The molecule has 2 aromatic rings. The first-order chi connectivity index (χ1) is 18.6. The highest BCUT2D eigenvalue weighted by Crippen LogP contribution is 2.18. The van der Waals surface area contributed by atoms with Gasteiger partial charge in [-0.05, 0) is 49.1 Å². The topological polar surface area (TPSA) is 140 Å². The Morgan fingerprint density at radius 3 is 2.18 bits per heavy atom. The molecule has 2 aromatic carbocycles. The van der Waals surface area contributed by atoms with Crippen molar-refractivity contribution in [2.45, 2.75) is 62.9 Å². The summed E-state index contributed by atoms with van der Waals surface area (Å²) in [5.41, 5.74) is 1.77. The van der Waals surface area contributed by atoms with E-state index >= 15 is 0 Å². The molecule has 1 fully saturated rings. The Balaban J connectivity index is 0.000000673. The quantitative estimate of drug-likeness (QED) is 0.248. The summed E-state index contributed by atoms with van der Waals surface area (Å²) in [6, 6.07) is 16.9. The molecule has 0 radical (unpaired) electrons.